The Labute approximate surface area is 137 Å². The molecule has 0 nitrogen and oxygen atoms in total. The minimum atomic E-state index is -0.275. The summed E-state index contributed by atoms with van der Waals surface area (Å²) in [5.41, 5.74) is 1.42. The van der Waals surface area contributed by atoms with Crippen LogP contribution in [0.25, 0.3) is 0 Å². The van der Waals surface area contributed by atoms with Gasteiger partial charge in [-0.2, -0.15) is 0 Å². The third-order valence-corrected chi connectivity index (χ3v) is 6.96. The summed E-state index contributed by atoms with van der Waals surface area (Å²) in [6.45, 7) is 2.41. The molecule has 1 aliphatic rings. The second kappa shape index (κ2) is 7.61. The van der Waals surface area contributed by atoms with Gasteiger partial charge in [0.1, 0.15) is 0 Å². The van der Waals surface area contributed by atoms with Crippen LogP contribution in [0, 0.1) is 0 Å². The molecule has 2 heteroatoms. The average Bonchev–Trinajstić information content (AvgIpc) is 2.57. The van der Waals surface area contributed by atoms with Gasteiger partial charge in [-0.05, 0) is 30.4 Å². The highest BCUT2D eigenvalue weighted by Crippen LogP contribution is 2.50. The molecule has 0 heterocycles. The van der Waals surface area contributed by atoms with Crippen LogP contribution in [0.5, 0.6) is 0 Å². The highest BCUT2D eigenvalue weighted by molar-refractivity contribution is 7.66. The number of allylic oxidation sites excluding steroid dienone is 4. The van der Waals surface area contributed by atoms with E-state index in [0.29, 0.717) is 0 Å². The minimum absolute atomic E-state index is 0. The van der Waals surface area contributed by atoms with Crippen molar-refractivity contribution in [2.75, 3.05) is 6.66 Å². The Balaban J connectivity index is 0.00000176. The molecule has 2 aromatic carbocycles. The second-order valence-electron chi connectivity index (χ2n) is 5.59. The van der Waals surface area contributed by atoms with Gasteiger partial charge in [-0.15, -0.1) is 0 Å². The van der Waals surface area contributed by atoms with Crippen molar-refractivity contribution in [3.8, 4) is 0 Å². The molecular weight excluding hydrogens is 282 g/mol. The van der Waals surface area contributed by atoms with E-state index >= 15 is 0 Å². The molecule has 0 spiro atoms. The third kappa shape index (κ3) is 3.59. The van der Waals surface area contributed by atoms with Gasteiger partial charge in [0.15, 0.2) is 0 Å². The zero-order valence-electron chi connectivity index (χ0n) is 13.0. The van der Waals surface area contributed by atoms with Crippen LogP contribution in [0.3, 0.4) is 0 Å². The van der Waals surface area contributed by atoms with Crippen LogP contribution in [0.2, 0.25) is 0 Å². The summed E-state index contributed by atoms with van der Waals surface area (Å²) >= 11 is 0. The number of hydrogen-bond donors (Lipinski definition) is 0. The molecule has 0 amide bonds. The van der Waals surface area contributed by atoms with Gasteiger partial charge in [0.2, 0.25) is 0 Å². The molecule has 1 atom stereocenters. The topological polar surface area (TPSA) is 0 Å². The molecular formula is C20H21BP. The highest BCUT2D eigenvalue weighted by atomic mass is 31.1. The average molecular weight is 303 g/mol. The summed E-state index contributed by atoms with van der Waals surface area (Å²) in [6.07, 6.45) is 11.7. The number of benzene rings is 2. The lowest BCUT2D eigenvalue weighted by Gasteiger charge is -2.36. The third-order valence-electron chi connectivity index (χ3n) is 4.18. The lowest BCUT2D eigenvalue weighted by molar-refractivity contribution is 0.833. The van der Waals surface area contributed by atoms with Crippen molar-refractivity contribution >= 4 is 21.6 Å². The molecule has 0 fully saturated rings. The van der Waals surface area contributed by atoms with E-state index in [4.69, 9.17) is 0 Å². The molecule has 0 saturated heterocycles. The van der Waals surface area contributed by atoms with Crippen molar-refractivity contribution in [3.63, 3.8) is 0 Å². The van der Waals surface area contributed by atoms with Crippen LogP contribution >= 0.6 is 7.92 Å². The largest absolute Gasteiger partial charge is 0.0835 e. The number of hydrogen-bond acceptors (Lipinski definition) is 0. The molecule has 3 radical (unpaired) electrons. The fraction of sp³-hybridized carbons (Fsp3) is 0.200. The van der Waals surface area contributed by atoms with Crippen molar-refractivity contribution in [1.82, 2.24) is 0 Å². The fourth-order valence-electron chi connectivity index (χ4n) is 2.95. The lowest BCUT2D eigenvalue weighted by Crippen LogP contribution is -2.29. The van der Waals surface area contributed by atoms with E-state index in [-0.39, 0.29) is 21.5 Å². The Bertz CT molecular complexity index is 619. The predicted molar refractivity (Wildman–Crippen MR) is 100 cm³/mol. The SMILES string of the molecule is CP(c1ccccc1)C1(Cc2ccccc2)C=CCC=C1.[B]. The molecule has 3 rings (SSSR count). The number of rotatable bonds is 4. The Morgan fingerprint density at radius 2 is 1.41 bits per heavy atom. The Morgan fingerprint density at radius 3 is 2.00 bits per heavy atom. The van der Waals surface area contributed by atoms with Crippen LogP contribution in [0.4, 0.5) is 0 Å². The molecule has 22 heavy (non-hydrogen) atoms. The zero-order chi connectivity index (χ0) is 14.5. The van der Waals surface area contributed by atoms with E-state index in [9.17, 15) is 0 Å². The normalized spacial score (nSPS) is 16.8. The Morgan fingerprint density at radius 1 is 0.864 bits per heavy atom. The first-order chi connectivity index (χ1) is 10.3. The molecule has 0 bridgehead atoms. The first kappa shape index (κ1) is 16.8. The van der Waals surface area contributed by atoms with Gasteiger partial charge in [-0.3, -0.25) is 0 Å². The minimum Gasteiger partial charge on any atom is -0.0835 e. The van der Waals surface area contributed by atoms with E-state index in [2.05, 4.69) is 91.6 Å². The van der Waals surface area contributed by atoms with Crippen molar-refractivity contribution < 1.29 is 0 Å². The van der Waals surface area contributed by atoms with Crippen molar-refractivity contribution in [2.45, 2.75) is 18.0 Å². The predicted octanol–water partition coefficient (Wildman–Crippen LogP) is 4.54. The van der Waals surface area contributed by atoms with Gasteiger partial charge in [0.25, 0.3) is 0 Å². The molecule has 2 aromatic rings. The Hall–Kier alpha value is -1.59. The maximum Gasteiger partial charge on any atom is 0.0341 e. The highest BCUT2D eigenvalue weighted by Gasteiger charge is 2.32. The fourth-order valence-corrected chi connectivity index (χ4v) is 5.13. The van der Waals surface area contributed by atoms with Gasteiger partial charge in [-0.25, -0.2) is 0 Å². The van der Waals surface area contributed by atoms with E-state index in [1.54, 1.807) is 0 Å². The van der Waals surface area contributed by atoms with Crippen LogP contribution in [-0.2, 0) is 6.42 Å². The van der Waals surface area contributed by atoms with Crippen molar-refractivity contribution in [3.05, 3.63) is 90.5 Å². The maximum atomic E-state index is 2.44. The van der Waals surface area contributed by atoms with Gasteiger partial charge >= 0.3 is 0 Å². The molecule has 0 aliphatic heterocycles. The molecule has 0 N–H and O–H groups in total. The Kier molecular flexibility index (Phi) is 5.80. The summed E-state index contributed by atoms with van der Waals surface area (Å²) in [6, 6.07) is 21.8. The van der Waals surface area contributed by atoms with Crippen LogP contribution in [0.1, 0.15) is 12.0 Å². The summed E-state index contributed by atoms with van der Waals surface area (Å²) in [5.74, 6) is 0. The first-order valence-corrected chi connectivity index (χ1v) is 9.27. The quantitative estimate of drug-likeness (QED) is 0.442. The van der Waals surface area contributed by atoms with Crippen molar-refractivity contribution in [2.24, 2.45) is 0 Å². The van der Waals surface area contributed by atoms with Crippen LogP contribution < -0.4 is 5.30 Å². The zero-order valence-corrected chi connectivity index (χ0v) is 13.9. The standard InChI is InChI=1S/C20H21P.B/c1-21(19-13-7-3-8-14-19)20(15-9-4-10-16-20)17-18-11-5-2-6-12-18;/h2-3,5-16H,4,17H2,1H3;. The summed E-state index contributed by atoms with van der Waals surface area (Å²) in [7, 11) is -0.275. The van der Waals surface area contributed by atoms with Crippen LogP contribution in [0.15, 0.2) is 85.0 Å². The van der Waals surface area contributed by atoms with Crippen molar-refractivity contribution in [1.29, 1.82) is 0 Å². The monoisotopic (exact) mass is 303 g/mol. The summed E-state index contributed by atoms with van der Waals surface area (Å²) in [5, 5.41) is 1.62. The van der Waals surface area contributed by atoms with Gasteiger partial charge in [0.05, 0.1) is 0 Å². The maximum absolute atomic E-state index is 2.44. The molecule has 109 valence electrons. The molecule has 1 unspecified atom stereocenters. The summed E-state index contributed by atoms with van der Waals surface area (Å²) in [4.78, 5) is 0. The van der Waals surface area contributed by atoms with E-state index in [1.807, 2.05) is 0 Å². The van der Waals surface area contributed by atoms with Crippen LogP contribution in [-0.4, -0.2) is 20.2 Å². The smallest absolute Gasteiger partial charge is 0.0341 e. The van der Waals surface area contributed by atoms with Gasteiger partial charge < -0.3 is 0 Å². The summed E-state index contributed by atoms with van der Waals surface area (Å²) < 4.78 is 0. The molecule has 0 aromatic heterocycles. The van der Waals surface area contributed by atoms with Gasteiger partial charge in [0, 0.05) is 13.6 Å². The van der Waals surface area contributed by atoms with Gasteiger partial charge in [-0.1, -0.05) is 92.9 Å². The van der Waals surface area contributed by atoms with E-state index < -0.39 is 0 Å². The van der Waals surface area contributed by atoms with E-state index in [1.165, 1.54) is 10.9 Å². The second-order valence-corrected chi connectivity index (χ2v) is 8.06. The van der Waals surface area contributed by atoms with E-state index in [0.717, 1.165) is 12.8 Å². The molecule has 0 saturated carbocycles. The first-order valence-electron chi connectivity index (χ1n) is 7.48. The lowest BCUT2D eigenvalue weighted by atomic mass is 9.94. The molecule has 1 aliphatic carbocycles.